The molecule has 6 heteroatoms. The van der Waals surface area contributed by atoms with Gasteiger partial charge < -0.3 is 10.1 Å². The van der Waals surface area contributed by atoms with E-state index in [1.54, 1.807) is 23.9 Å². The van der Waals surface area contributed by atoms with E-state index in [1.165, 1.54) is 6.07 Å². The van der Waals surface area contributed by atoms with Gasteiger partial charge in [0.1, 0.15) is 5.65 Å². The molecule has 6 nitrogen and oxygen atoms in total. The molecule has 0 bridgehead atoms. The van der Waals surface area contributed by atoms with Crippen molar-refractivity contribution in [1.29, 1.82) is 0 Å². The van der Waals surface area contributed by atoms with Gasteiger partial charge in [0.05, 0.1) is 12.6 Å². The number of benzene rings is 1. The minimum atomic E-state index is -0.115. The summed E-state index contributed by atoms with van der Waals surface area (Å²) in [6.45, 7) is 2.36. The second-order valence-electron chi connectivity index (χ2n) is 5.31. The molecule has 1 unspecified atom stereocenters. The lowest BCUT2D eigenvalue weighted by Gasteiger charge is -2.16. The number of nitrogens with one attached hydrogen (secondary N) is 1. The van der Waals surface area contributed by atoms with Crippen LogP contribution in [0.1, 0.15) is 13.0 Å². The third kappa shape index (κ3) is 3.22. The minimum Gasteiger partial charge on any atom is -0.383 e. The molecule has 0 fully saturated rings. The van der Waals surface area contributed by atoms with Gasteiger partial charge in [0.15, 0.2) is 0 Å². The maximum Gasteiger partial charge on any atom is 0.252 e. The summed E-state index contributed by atoms with van der Waals surface area (Å²) in [5.41, 5.74) is 1.38. The van der Waals surface area contributed by atoms with E-state index in [1.807, 2.05) is 37.3 Å². The number of methoxy groups -OCH3 is 1. The number of aromatic nitrogens is 3. The van der Waals surface area contributed by atoms with Gasteiger partial charge in [0, 0.05) is 30.4 Å². The number of ether oxygens (including phenoxy) is 1. The predicted octanol–water partition coefficient (Wildman–Crippen LogP) is 2.74. The zero-order chi connectivity index (χ0) is 16.2. The second-order valence-corrected chi connectivity index (χ2v) is 5.31. The van der Waals surface area contributed by atoms with Crippen LogP contribution in [0.15, 0.2) is 53.5 Å². The van der Waals surface area contributed by atoms with E-state index < -0.39 is 0 Å². The fraction of sp³-hybridized carbons (Fsp3) is 0.235. The first kappa shape index (κ1) is 15.2. The van der Waals surface area contributed by atoms with Gasteiger partial charge in [-0.15, -0.1) is 0 Å². The predicted molar refractivity (Wildman–Crippen MR) is 90.1 cm³/mol. The molecule has 0 amide bonds. The van der Waals surface area contributed by atoms with Crippen molar-refractivity contribution in [2.45, 2.75) is 13.0 Å². The van der Waals surface area contributed by atoms with Crippen LogP contribution in [-0.2, 0) is 4.74 Å². The molecule has 118 valence electrons. The van der Waals surface area contributed by atoms with Crippen molar-refractivity contribution in [3.63, 3.8) is 0 Å². The highest BCUT2D eigenvalue weighted by atomic mass is 16.5. The van der Waals surface area contributed by atoms with Gasteiger partial charge in [-0.05, 0) is 25.1 Å². The topological polar surface area (TPSA) is 69.0 Å². The van der Waals surface area contributed by atoms with E-state index in [0.29, 0.717) is 18.2 Å². The SMILES string of the molecule is COCC(C)n1c(=O)ccc2cnc(Nc3ccccc3)nc21. The van der Waals surface area contributed by atoms with Crippen LogP contribution in [0.2, 0.25) is 0 Å². The van der Waals surface area contributed by atoms with Crippen molar-refractivity contribution < 1.29 is 4.74 Å². The van der Waals surface area contributed by atoms with Crippen LogP contribution in [0.5, 0.6) is 0 Å². The Labute approximate surface area is 133 Å². The highest BCUT2D eigenvalue weighted by Gasteiger charge is 2.12. The summed E-state index contributed by atoms with van der Waals surface area (Å²) in [5, 5.41) is 3.96. The number of nitrogens with zero attached hydrogens (tertiary/aromatic N) is 3. The first-order chi connectivity index (χ1) is 11.2. The van der Waals surface area contributed by atoms with Gasteiger partial charge in [-0.25, -0.2) is 4.98 Å². The molecule has 0 saturated heterocycles. The molecule has 1 aromatic carbocycles. The zero-order valence-electron chi connectivity index (χ0n) is 13.1. The Morgan fingerprint density at radius 1 is 1.22 bits per heavy atom. The normalized spacial score (nSPS) is 12.3. The molecule has 0 radical (unpaired) electrons. The molecule has 1 atom stereocenters. The summed E-state index contributed by atoms with van der Waals surface area (Å²) in [7, 11) is 1.62. The zero-order valence-corrected chi connectivity index (χ0v) is 13.1. The van der Waals surface area contributed by atoms with Crippen LogP contribution < -0.4 is 10.9 Å². The quantitative estimate of drug-likeness (QED) is 0.784. The molecule has 23 heavy (non-hydrogen) atoms. The molecule has 2 heterocycles. The fourth-order valence-electron chi connectivity index (χ4n) is 2.49. The number of anilines is 2. The third-order valence-corrected chi connectivity index (χ3v) is 3.55. The van der Waals surface area contributed by atoms with Gasteiger partial charge in [0.2, 0.25) is 5.95 Å². The first-order valence-corrected chi connectivity index (χ1v) is 7.38. The van der Waals surface area contributed by atoms with Crippen LogP contribution in [0, 0.1) is 0 Å². The van der Waals surface area contributed by atoms with Crippen LogP contribution >= 0.6 is 0 Å². The number of fused-ring (bicyclic) bond motifs is 1. The molecule has 1 N–H and O–H groups in total. The second kappa shape index (κ2) is 6.58. The molecule has 3 aromatic rings. The largest absolute Gasteiger partial charge is 0.383 e. The molecule has 0 aliphatic rings. The van der Waals surface area contributed by atoms with Gasteiger partial charge in [0.25, 0.3) is 5.56 Å². The van der Waals surface area contributed by atoms with Gasteiger partial charge in [-0.2, -0.15) is 4.98 Å². The highest BCUT2D eigenvalue weighted by molar-refractivity contribution is 5.75. The minimum absolute atomic E-state index is 0.105. The summed E-state index contributed by atoms with van der Waals surface area (Å²) >= 11 is 0. The van der Waals surface area contributed by atoms with Gasteiger partial charge >= 0.3 is 0 Å². The Morgan fingerprint density at radius 2 is 2.00 bits per heavy atom. The summed E-state index contributed by atoms with van der Waals surface area (Å²) < 4.78 is 6.80. The van der Waals surface area contributed by atoms with Crippen molar-refractivity contribution in [1.82, 2.24) is 14.5 Å². The summed E-state index contributed by atoms with van der Waals surface area (Å²) in [6.07, 6.45) is 1.71. The Kier molecular flexibility index (Phi) is 4.34. The molecule has 0 saturated carbocycles. The van der Waals surface area contributed by atoms with Gasteiger partial charge in [-0.3, -0.25) is 9.36 Å². The Hall–Kier alpha value is -2.73. The monoisotopic (exact) mass is 310 g/mol. The van der Waals surface area contributed by atoms with E-state index in [2.05, 4.69) is 15.3 Å². The lowest BCUT2D eigenvalue weighted by atomic mass is 10.2. The summed E-state index contributed by atoms with van der Waals surface area (Å²) in [4.78, 5) is 21.1. The smallest absolute Gasteiger partial charge is 0.252 e. The van der Waals surface area contributed by atoms with Crippen molar-refractivity contribution in [2.24, 2.45) is 0 Å². The Morgan fingerprint density at radius 3 is 2.74 bits per heavy atom. The maximum atomic E-state index is 12.2. The molecule has 0 spiro atoms. The molecule has 3 rings (SSSR count). The van der Waals surface area contributed by atoms with Crippen LogP contribution in [0.25, 0.3) is 11.0 Å². The molecular formula is C17H18N4O2. The Bertz CT molecular complexity index is 861. The Balaban J connectivity index is 2.06. The molecule has 0 aliphatic heterocycles. The lowest BCUT2D eigenvalue weighted by Crippen LogP contribution is -2.26. The lowest BCUT2D eigenvalue weighted by molar-refractivity contribution is 0.162. The van der Waals surface area contributed by atoms with Crippen molar-refractivity contribution in [3.05, 3.63) is 59.0 Å². The third-order valence-electron chi connectivity index (χ3n) is 3.55. The van der Waals surface area contributed by atoms with E-state index in [-0.39, 0.29) is 11.6 Å². The summed E-state index contributed by atoms with van der Waals surface area (Å²) in [5.74, 6) is 0.452. The van der Waals surface area contributed by atoms with Crippen molar-refractivity contribution in [3.8, 4) is 0 Å². The number of para-hydroxylation sites is 1. The van der Waals surface area contributed by atoms with Gasteiger partial charge in [-0.1, -0.05) is 18.2 Å². The number of rotatable bonds is 5. The van der Waals surface area contributed by atoms with Crippen molar-refractivity contribution >= 4 is 22.7 Å². The standard InChI is InChI=1S/C17H18N4O2/c1-12(11-23-2)21-15(22)9-8-13-10-18-17(20-16(13)21)19-14-6-4-3-5-7-14/h3-10,12H,11H2,1-2H3,(H,18,19,20). The maximum absolute atomic E-state index is 12.2. The average molecular weight is 310 g/mol. The van der Waals surface area contributed by atoms with Crippen molar-refractivity contribution in [2.75, 3.05) is 19.0 Å². The molecular weight excluding hydrogens is 292 g/mol. The van der Waals surface area contributed by atoms with E-state index in [0.717, 1.165) is 11.1 Å². The highest BCUT2D eigenvalue weighted by Crippen LogP contribution is 2.17. The van der Waals surface area contributed by atoms with E-state index in [9.17, 15) is 4.79 Å². The molecule has 2 aromatic heterocycles. The number of pyridine rings is 1. The van der Waals surface area contributed by atoms with Crippen LogP contribution in [0.3, 0.4) is 0 Å². The average Bonchev–Trinajstić information content (AvgIpc) is 2.55. The number of hydrogen-bond acceptors (Lipinski definition) is 5. The van der Waals surface area contributed by atoms with E-state index in [4.69, 9.17) is 4.74 Å². The summed E-state index contributed by atoms with van der Waals surface area (Å²) in [6, 6.07) is 12.8. The van der Waals surface area contributed by atoms with E-state index >= 15 is 0 Å². The van der Waals surface area contributed by atoms with Crippen LogP contribution in [0.4, 0.5) is 11.6 Å². The fourth-order valence-corrected chi connectivity index (χ4v) is 2.49. The first-order valence-electron chi connectivity index (χ1n) is 7.38. The molecule has 0 aliphatic carbocycles. The van der Waals surface area contributed by atoms with Crippen LogP contribution in [-0.4, -0.2) is 28.3 Å². The number of hydrogen-bond donors (Lipinski definition) is 1.